The SMILES string of the molecule is COCCCC1CCC(c2ccc(C#Cc3cccc4cc(F)c(F)cc34)cc2)CC1. The average molecular weight is 419 g/mol. The first kappa shape index (κ1) is 21.5. The quantitative estimate of drug-likeness (QED) is 0.314. The highest BCUT2D eigenvalue weighted by Gasteiger charge is 2.21. The zero-order chi connectivity index (χ0) is 21.6. The number of hydrogen-bond acceptors (Lipinski definition) is 1. The largest absolute Gasteiger partial charge is 0.385 e. The van der Waals surface area contributed by atoms with Gasteiger partial charge in [-0.1, -0.05) is 36.1 Å². The first-order valence-electron chi connectivity index (χ1n) is 11.1. The highest BCUT2D eigenvalue weighted by Crippen LogP contribution is 2.37. The second-order valence-electron chi connectivity index (χ2n) is 8.52. The molecule has 3 aromatic rings. The molecule has 3 heteroatoms. The summed E-state index contributed by atoms with van der Waals surface area (Å²) in [7, 11) is 1.77. The monoisotopic (exact) mass is 418 g/mol. The lowest BCUT2D eigenvalue weighted by molar-refractivity contribution is 0.180. The van der Waals surface area contributed by atoms with Crippen LogP contribution in [0.25, 0.3) is 10.8 Å². The molecule has 0 radical (unpaired) electrons. The fourth-order valence-electron chi connectivity index (χ4n) is 4.66. The van der Waals surface area contributed by atoms with Crippen LogP contribution in [-0.4, -0.2) is 13.7 Å². The first-order valence-corrected chi connectivity index (χ1v) is 11.1. The summed E-state index contributed by atoms with van der Waals surface area (Å²) < 4.78 is 32.4. The number of fused-ring (bicyclic) bond motifs is 1. The molecule has 0 aliphatic heterocycles. The van der Waals surface area contributed by atoms with Gasteiger partial charge in [0.05, 0.1) is 0 Å². The van der Waals surface area contributed by atoms with E-state index in [0.29, 0.717) is 22.3 Å². The third-order valence-electron chi connectivity index (χ3n) is 6.45. The molecule has 0 heterocycles. The Morgan fingerprint density at radius 3 is 2.39 bits per heavy atom. The molecule has 0 aromatic heterocycles. The Morgan fingerprint density at radius 1 is 0.903 bits per heavy atom. The summed E-state index contributed by atoms with van der Waals surface area (Å²) in [6.45, 7) is 0.868. The molecule has 0 N–H and O–H groups in total. The summed E-state index contributed by atoms with van der Waals surface area (Å²) in [4.78, 5) is 0. The van der Waals surface area contributed by atoms with E-state index in [1.54, 1.807) is 13.2 Å². The van der Waals surface area contributed by atoms with Crippen molar-refractivity contribution in [3.05, 3.63) is 82.9 Å². The van der Waals surface area contributed by atoms with E-state index in [1.165, 1.54) is 49.8 Å². The van der Waals surface area contributed by atoms with Crippen LogP contribution in [0.3, 0.4) is 0 Å². The third kappa shape index (κ3) is 5.32. The summed E-state index contributed by atoms with van der Waals surface area (Å²) in [5.74, 6) is 6.10. The molecule has 1 saturated carbocycles. The van der Waals surface area contributed by atoms with Crippen LogP contribution >= 0.6 is 0 Å². The van der Waals surface area contributed by atoms with Gasteiger partial charge in [0.2, 0.25) is 0 Å². The van der Waals surface area contributed by atoms with Gasteiger partial charge in [-0.15, -0.1) is 0 Å². The Labute approximate surface area is 183 Å². The molecule has 160 valence electrons. The molecule has 0 bridgehead atoms. The van der Waals surface area contributed by atoms with E-state index in [1.807, 2.05) is 12.1 Å². The van der Waals surface area contributed by atoms with Crippen molar-refractivity contribution in [1.82, 2.24) is 0 Å². The normalized spacial score (nSPS) is 18.5. The highest BCUT2D eigenvalue weighted by molar-refractivity contribution is 5.88. The van der Waals surface area contributed by atoms with Crippen molar-refractivity contribution in [2.45, 2.75) is 44.4 Å². The molecule has 0 unspecified atom stereocenters. The summed E-state index contributed by atoms with van der Waals surface area (Å²) in [5, 5.41) is 1.28. The predicted molar refractivity (Wildman–Crippen MR) is 122 cm³/mol. The summed E-state index contributed by atoms with van der Waals surface area (Å²) in [6, 6.07) is 16.4. The minimum Gasteiger partial charge on any atom is -0.385 e. The fraction of sp³-hybridized carbons (Fsp3) is 0.357. The molecule has 3 aromatic carbocycles. The standard InChI is InChI=1S/C28H28F2O/c1-31-17-3-4-20-7-12-22(13-8-20)23-14-9-21(10-15-23)11-16-24-5-2-6-25-18-27(29)28(30)19-26(24)25/h2,5-6,9-10,14-15,18-20,22H,3-4,7-8,12-13,17H2,1H3. The maximum Gasteiger partial charge on any atom is 0.159 e. The fourth-order valence-corrected chi connectivity index (χ4v) is 4.66. The molecule has 1 aliphatic rings. The van der Waals surface area contributed by atoms with E-state index in [-0.39, 0.29) is 0 Å². The van der Waals surface area contributed by atoms with E-state index in [0.717, 1.165) is 24.5 Å². The van der Waals surface area contributed by atoms with Crippen molar-refractivity contribution in [2.24, 2.45) is 5.92 Å². The van der Waals surface area contributed by atoms with Gasteiger partial charge in [-0.3, -0.25) is 0 Å². The lowest BCUT2D eigenvalue weighted by atomic mass is 9.77. The topological polar surface area (TPSA) is 9.23 Å². The van der Waals surface area contributed by atoms with Crippen LogP contribution < -0.4 is 0 Å². The third-order valence-corrected chi connectivity index (χ3v) is 6.45. The van der Waals surface area contributed by atoms with Crippen LogP contribution in [0, 0.1) is 29.4 Å². The van der Waals surface area contributed by atoms with Crippen LogP contribution in [0.4, 0.5) is 8.78 Å². The van der Waals surface area contributed by atoms with Crippen LogP contribution in [0.15, 0.2) is 54.6 Å². The second-order valence-corrected chi connectivity index (χ2v) is 8.52. The highest BCUT2D eigenvalue weighted by atomic mass is 19.2. The van der Waals surface area contributed by atoms with Gasteiger partial charge in [-0.25, -0.2) is 8.78 Å². The van der Waals surface area contributed by atoms with Gasteiger partial charge >= 0.3 is 0 Å². The van der Waals surface area contributed by atoms with Gasteiger partial charge in [0.1, 0.15) is 0 Å². The van der Waals surface area contributed by atoms with Crippen molar-refractivity contribution in [2.75, 3.05) is 13.7 Å². The van der Waals surface area contributed by atoms with E-state index in [4.69, 9.17) is 4.74 Å². The Balaban J connectivity index is 1.42. The Bertz CT molecular complexity index is 1080. The van der Waals surface area contributed by atoms with Crippen molar-refractivity contribution in [3.8, 4) is 11.8 Å². The molecule has 1 nitrogen and oxygen atoms in total. The molecular weight excluding hydrogens is 390 g/mol. The number of rotatable bonds is 5. The van der Waals surface area contributed by atoms with Gasteiger partial charge in [-0.2, -0.15) is 0 Å². The summed E-state index contributed by atoms with van der Waals surface area (Å²) in [6.07, 6.45) is 7.54. The van der Waals surface area contributed by atoms with Gasteiger partial charge in [-0.05, 0) is 91.6 Å². The van der Waals surface area contributed by atoms with Crippen molar-refractivity contribution in [3.63, 3.8) is 0 Å². The number of benzene rings is 3. The lowest BCUT2D eigenvalue weighted by Gasteiger charge is -2.28. The maximum absolute atomic E-state index is 13.7. The Kier molecular flexibility index (Phi) is 6.99. The summed E-state index contributed by atoms with van der Waals surface area (Å²) >= 11 is 0. The number of methoxy groups -OCH3 is 1. The predicted octanol–water partition coefficient (Wildman–Crippen LogP) is 7.22. The molecule has 0 amide bonds. The smallest absolute Gasteiger partial charge is 0.159 e. The number of ether oxygens (including phenoxy) is 1. The van der Waals surface area contributed by atoms with E-state index < -0.39 is 11.6 Å². The zero-order valence-electron chi connectivity index (χ0n) is 18.0. The van der Waals surface area contributed by atoms with Crippen LogP contribution in [0.5, 0.6) is 0 Å². The van der Waals surface area contributed by atoms with Gasteiger partial charge < -0.3 is 4.74 Å². The van der Waals surface area contributed by atoms with Gasteiger partial charge in [0.15, 0.2) is 11.6 Å². The van der Waals surface area contributed by atoms with E-state index in [2.05, 4.69) is 36.1 Å². The molecule has 31 heavy (non-hydrogen) atoms. The molecular formula is C28H28F2O. The van der Waals surface area contributed by atoms with E-state index >= 15 is 0 Å². The maximum atomic E-state index is 13.7. The number of halogens is 2. The Hall–Kier alpha value is -2.70. The molecule has 4 rings (SSSR count). The molecule has 1 aliphatic carbocycles. The van der Waals surface area contributed by atoms with Crippen LogP contribution in [-0.2, 0) is 4.74 Å². The Morgan fingerprint density at radius 2 is 1.65 bits per heavy atom. The second kappa shape index (κ2) is 10.1. The molecule has 0 saturated heterocycles. The zero-order valence-corrected chi connectivity index (χ0v) is 18.0. The summed E-state index contributed by atoms with van der Waals surface area (Å²) in [5.41, 5.74) is 3.02. The van der Waals surface area contributed by atoms with Crippen molar-refractivity contribution < 1.29 is 13.5 Å². The van der Waals surface area contributed by atoms with Crippen LogP contribution in [0.1, 0.15) is 61.1 Å². The molecule has 0 spiro atoms. The van der Waals surface area contributed by atoms with Crippen molar-refractivity contribution in [1.29, 1.82) is 0 Å². The van der Waals surface area contributed by atoms with Crippen molar-refractivity contribution >= 4 is 10.8 Å². The van der Waals surface area contributed by atoms with Gasteiger partial charge in [0.25, 0.3) is 0 Å². The van der Waals surface area contributed by atoms with E-state index in [9.17, 15) is 8.78 Å². The number of hydrogen-bond donors (Lipinski definition) is 0. The molecule has 0 atom stereocenters. The lowest BCUT2D eigenvalue weighted by Crippen LogP contribution is -2.13. The average Bonchev–Trinajstić information content (AvgIpc) is 2.80. The first-order chi connectivity index (χ1) is 15.1. The minimum atomic E-state index is -0.848. The van der Waals surface area contributed by atoms with Gasteiger partial charge in [0, 0.05) is 30.2 Å². The molecule has 1 fully saturated rings. The van der Waals surface area contributed by atoms with Crippen LogP contribution in [0.2, 0.25) is 0 Å². The minimum absolute atomic E-state index is 0.632.